The molecule has 6 aromatic rings. The van der Waals surface area contributed by atoms with Crippen molar-refractivity contribution in [2.45, 2.75) is 39.8 Å². The number of anilines is 1. The molecule has 202 valence electrons. The molecule has 0 aliphatic rings. The SMILES string of the molecule is Cc1csc2nc([C@H](C)n3nc(-c4ccc(OC(C)C)nc4)c4c(N)ncnc43)c(-c3cccc(P)c3)c(=O)n12. The van der Waals surface area contributed by atoms with Gasteiger partial charge in [-0.05, 0) is 50.7 Å². The van der Waals surface area contributed by atoms with Gasteiger partial charge in [0.25, 0.3) is 5.56 Å². The Bertz CT molecular complexity index is 1940. The standard InChI is InChI=1S/C28H27N8O2PS/c1-14(2)38-20-9-8-18(11-30-20)24-22-25(29)31-13-32-26(22)36(34-24)16(4)23-21(17-6-5-7-19(39)10-17)27(37)35-15(3)12-40-28(35)33-23/h5-14,16H,39H2,1-4H3,(H2,29,31,32)/t16-/m0/s1. The Morgan fingerprint density at radius 3 is 2.62 bits per heavy atom. The average molecular weight is 571 g/mol. The molecule has 5 aromatic heterocycles. The highest BCUT2D eigenvalue weighted by atomic mass is 32.1. The van der Waals surface area contributed by atoms with E-state index in [-0.39, 0.29) is 11.7 Å². The largest absolute Gasteiger partial charge is 0.475 e. The highest BCUT2D eigenvalue weighted by Crippen LogP contribution is 2.35. The zero-order chi connectivity index (χ0) is 28.1. The second kappa shape index (κ2) is 10.1. The van der Waals surface area contributed by atoms with Gasteiger partial charge in [0.05, 0.1) is 28.8 Å². The first-order valence-corrected chi connectivity index (χ1v) is 14.2. The number of nitrogen functional groups attached to an aromatic ring is 1. The number of aryl methyl sites for hydroxylation is 1. The Morgan fingerprint density at radius 2 is 1.90 bits per heavy atom. The maximum absolute atomic E-state index is 14.0. The Hall–Kier alpha value is -4.21. The summed E-state index contributed by atoms with van der Waals surface area (Å²) >= 11 is 1.43. The fourth-order valence-corrected chi connectivity index (χ4v) is 5.94. The van der Waals surface area contributed by atoms with E-state index in [4.69, 9.17) is 20.6 Å². The molecule has 1 aromatic carbocycles. The number of hydrogen-bond acceptors (Lipinski definition) is 9. The first-order valence-electron chi connectivity index (χ1n) is 12.7. The van der Waals surface area contributed by atoms with E-state index < -0.39 is 6.04 Å². The highest BCUT2D eigenvalue weighted by molar-refractivity contribution is 7.27. The Kier molecular flexibility index (Phi) is 6.56. The predicted molar refractivity (Wildman–Crippen MR) is 161 cm³/mol. The molecule has 1 unspecified atom stereocenters. The number of nitrogens with zero attached hydrogens (tertiary/aromatic N) is 7. The molecule has 0 radical (unpaired) electrons. The van der Waals surface area contributed by atoms with Gasteiger partial charge in [0, 0.05) is 28.9 Å². The lowest BCUT2D eigenvalue weighted by Gasteiger charge is -2.17. The van der Waals surface area contributed by atoms with E-state index in [1.165, 1.54) is 17.7 Å². The summed E-state index contributed by atoms with van der Waals surface area (Å²) in [4.78, 5) is 32.8. The van der Waals surface area contributed by atoms with Gasteiger partial charge in [-0.2, -0.15) is 5.10 Å². The number of fused-ring (bicyclic) bond motifs is 2. The van der Waals surface area contributed by atoms with Gasteiger partial charge in [0.1, 0.15) is 17.8 Å². The Morgan fingerprint density at radius 1 is 1.07 bits per heavy atom. The number of benzene rings is 1. The lowest BCUT2D eigenvalue weighted by Crippen LogP contribution is -2.23. The van der Waals surface area contributed by atoms with Crippen LogP contribution < -0.4 is 21.3 Å². The van der Waals surface area contributed by atoms with Crippen LogP contribution in [0, 0.1) is 6.92 Å². The van der Waals surface area contributed by atoms with Crippen molar-refractivity contribution in [3.63, 3.8) is 0 Å². The van der Waals surface area contributed by atoms with Crippen LogP contribution in [0.1, 0.15) is 38.2 Å². The molecule has 40 heavy (non-hydrogen) atoms. The van der Waals surface area contributed by atoms with Crippen molar-refractivity contribution in [2.75, 3.05) is 5.73 Å². The average Bonchev–Trinajstić information content (AvgIpc) is 3.50. The van der Waals surface area contributed by atoms with E-state index in [9.17, 15) is 4.79 Å². The van der Waals surface area contributed by atoms with Crippen LogP contribution in [0.5, 0.6) is 5.88 Å². The first-order chi connectivity index (χ1) is 19.2. The van der Waals surface area contributed by atoms with Crippen molar-refractivity contribution >= 4 is 47.7 Å². The fraction of sp³-hybridized carbons (Fsp3) is 0.214. The second-order valence-corrected chi connectivity index (χ2v) is 11.3. The molecule has 12 heteroatoms. The van der Waals surface area contributed by atoms with Gasteiger partial charge in [-0.3, -0.25) is 9.20 Å². The molecule has 0 bridgehead atoms. The van der Waals surface area contributed by atoms with Crippen LogP contribution in [0.15, 0.2) is 59.1 Å². The quantitative estimate of drug-likeness (QED) is 0.292. The van der Waals surface area contributed by atoms with Gasteiger partial charge < -0.3 is 10.5 Å². The molecule has 0 fully saturated rings. The van der Waals surface area contributed by atoms with Crippen LogP contribution in [-0.4, -0.2) is 40.2 Å². The third-order valence-electron chi connectivity index (χ3n) is 6.59. The summed E-state index contributed by atoms with van der Waals surface area (Å²) in [6.45, 7) is 7.76. The summed E-state index contributed by atoms with van der Waals surface area (Å²) in [7, 11) is 2.69. The van der Waals surface area contributed by atoms with Crippen LogP contribution in [0.2, 0.25) is 0 Å². The van der Waals surface area contributed by atoms with E-state index >= 15 is 0 Å². The smallest absolute Gasteiger partial charge is 0.266 e. The van der Waals surface area contributed by atoms with Gasteiger partial charge >= 0.3 is 0 Å². The van der Waals surface area contributed by atoms with Crippen LogP contribution in [0.4, 0.5) is 5.82 Å². The molecule has 2 N–H and O–H groups in total. The number of thiazole rings is 1. The lowest BCUT2D eigenvalue weighted by atomic mass is 10.0. The van der Waals surface area contributed by atoms with Gasteiger partial charge in [-0.25, -0.2) is 24.6 Å². The molecule has 0 aliphatic heterocycles. The zero-order valence-electron chi connectivity index (χ0n) is 22.4. The number of rotatable bonds is 6. The van der Waals surface area contributed by atoms with E-state index in [1.54, 1.807) is 21.3 Å². The molecule has 0 saturated heterocycles. The van der Waals surface area contributed by atoms with E-state index in [2.05, 4.69) is 24.2 Å². The van der Waals surface area contributed by atoms with Gasteiger partial charge in [0.15, 0.2) is 10.6 Å². The van der Waals surface area contributed by atoms with E-state index in [1.807, 2.05) is 63.4 Å². The van der Waals surface area contributed by atoms with Crippen LogP contribution in [-0.2, 0) is 0 Å². The molecule has 0 saturated carbocycles. The van der Waals surface area contributed by atoms with Gasteiger partial charge in [-0.15, -0.1) is 20.6 Å². The Labute approximate surface area is 236 Å². The molecule has 0 spiro atoms. The predicted octanol–water partition coefficient (Wildman–Crippen LogP) is 4.41. The molecule has 0 amide bonds. The zero-order valence-corrected chi connectivity index (χ0v) is 24.3. The fourth-order valence-electron chi connectivity index (χ4n) is 4.78. The van der Waals surface area contributed by atoms with Crippen molar-refractivity contribution in [1.82, 2.24) is 34.1 Å². The Balaban J connectivity index is 1.57. The minimum absolute atomic E-state index is 0.00511. The highest BCUT2D eigenvalue weighted by Gasteiger charge is 2.27. The summed E-state index contributed by atoms with van der Waals surface area (Å²) in [6, 6.07) is 11.0. The van der Waals surface area contributed by atoms with Gasteiger partial charge in [0.2, 0.25) is 5.88 Å². The number of pyridine rings is 1. The maximum atomic E-state index is 14.0. The lowest BCUT2D eigenvalue weighted by molar-refractivity contribution is 0.232. The minimum atomic E-state index is -0.467. The minimum Gasteiger partial charge on any atom is -0.475 e. The molecule has 2 atom stereocenters. The van der Waals surface area contributed by atoms with Crippen molar-refractivity contribution in [2.24, 2.45) is 0 Å². The molecular formula is C28H27N8O2PS. The topological polar surface area (TPSA) is 126 Å². The third-order valence-corrected chi connectivity index (χ3v) is 7.89. The number of nitrogens with two attached hydrogens (primary N) is 1. The van der Waals surface area contributed by atoms with Crippen LogP contribution >= 0.6 is 20.6 Å². The molecule has 0 aliphatic carbocycles. The van der Waals surface area contributed by atoms with E-state index in [0.717, 1.165) is 22.1 Å². The van der Waals surface area contributed by atoms with Crippen molar-refractivity contribution < 1.29 is 4.74 Å². The summed E-state index contributed by atoms with van der Waals surface area (Å²) in [5.41, 5.74) is 10.8. The number of ether oxygens (including phenoxy) is 1. The maximum Gasteiger partial charge on any atom is 0.266 e. The first kappa shape index (κ1) is 26.0. The van der Waals surface area contributed by atoms with Crippen molar-refractivity contribution in [3.8, 4) is 28.3 Å². The van der Waals surface area contributed by atoms with E-state index in [0.29, 0.717) is 44.6 Å². The summed E-state index contributed by atoms with van der Waals surface area (Å²) < 4.78 is 9.12. The summed E-state index contributed by atoms with van der Waals surface area (Å²) in [6.07, 6.45) is 3.12. The number of aromatic nitrogens is 7. The van der Waals surface area contributed by atoms with Crippen LogP contribution in [0.3, 0.4) is 0 Å². The second-order valence-electron chi connectivity index (χ2n) is 9.78. The van der Waals surface area contributed by atoms with Crippen molar-refractivity contribution in [3.05, 3.63) is 76.0 Å². The molecule has 6 rings (SSSR count). The third kappa shape index (κ3) is 4.41. The van der Waals surface area contributed by atoms with Crippen molar-refractivity contribution in [1.29, 1.82) is 0 Å². The van der Waals surface area contributed by atoms with Crippen LogP contribution in [0.25, 0.3) is 38.4 Å². The number of hydrogen-bond donors (Lipinski definition) is 1. The normalized spacial score (nSPS) is 12.4. The monoisotopic (exact) mass is 570 g/mol. The molecular weight excluding hydrogens is 543 g/mol. The molecule has 5 heterocycles. The molecule has 10 nitrogen and oxygen atoms in total. The van der Waals surface area contributed by atoms with Gasteiger partial charge in [-0.1, -0.05) is 18.2 Å². The summed E-state index contributed by atoms with van der Waals surface area (Å²) in [5, 5.41) is 8.46. The summed E-state index contributed by atoms with van der Waals surface area (Å²) in [5.74, 6) is 0.819.